The van der Waals surface area contributed by atoms with Crippen molar-refractivity contribution in [3.05, 3.63) is 35.9 Å². The van der Waals surface area contributed by atoms with E-state index in [1.54, 1.807) is 0 Å². The van der Waals surface area contributed by atoms with Crippen LogP contribution in [0.25, 0.3) is 0 Å². The van der Waals surface area contributed by atoms with Crippen LogP contribution in [0, 0.1) is 0 Å². The quantitative estimate of drug-likeness (QED) is 0.649. The van der Waals surface area contributed by atoms with Crippen LogP contribution < -0.4 is 0 Å². The van der Waals surface area contributed by atoms with Crippen LogP contribution in [0.15, 0.2) is 30.3 Å². The van der Waals surface area contributed by atoms with Crippen LogP contribution in [-0.4, -0.2) is 45.0 Å². The highest BCUT2D eigenvalue weighted by molar-refractivity contribution is 5.78. The highest BCUT2D eigenvalue weighted by Crippen LogP contribution is 2.05. The van der Waals surface area contributed by atoms with Crippen molar-refractivity contribution in [2.45, 2.75) is 19.6 Å². The summed E-state index contributed by atoms with van der Waals surface area (Å²) in [6.07, 6.45) is -1.30. The molecule has 0 fully saturated rings. The Kier molecular flexibility index (Phi) is 8.08. The molecule has 0 N–H and O–H groups in total. The van der Waals surface area contributed by atoms with Crippen molar-refractivity contribution in [3.63, 3.8) is 0 Å². The maximum absolute atomic E-state index is 11.2. The fraction of sp³-hybridized carbons (Fsp3) is 0.467. The topological polar surface area (TPSA) is 71.1 Å². The van der Waals surface area contributed by atoms with Crippen molar-refractivity contribution in [1.29, 1.82) is 0 Å². The zero-order chi connectivity index (χ0) is 15.5. The number of hydrogen-bond donors (Lipinski definition) is 0. The molecule has 1 aromatic rings. The molecule has 0 spiro atoms. The summed E-state index contributed by atoms with van der Waals surface area (Å²) in [6.45, 7) is 1.70. The molecule has 116 valence electrons. The van der Waals surface area contributed by atoms with Gasteiger partial charge >= 0.3 is 6.16 Å². The summed E-state index contributed by atoms with van der Waals surface area (Å²) in [6, 6.07) is 9.63. The highest BCUT2D eigenvalue weighted by Gasteiger charge is 2.14. The van der Waals surface area contributed by atoms with E-state index in [-0.39, 0.29) is 25.6 Å². The zero-order valence-electron chi connectivity index (χ0n) is 12.2. The molecule has 0 bridgehead atoms. The van der Waals surface area contributed by atoms with E-state index in [0.29, 0.717) is 6.61 Å². The third-order valence-electron chi connectivity index (χ3n) is 2.46. The van der Waals surface area contributed by atoms with Gasteiger partial charge in [-0.25, -0.2) is 4.79 Å². The molecule has 1 aromatic carbocycles. The predicted molar refractivity (Wildman–Crippen MR) is 74.9 cm³/mol. The SMILES string of the molecule is COCC(COC(=O)OCC(C)=O)OCc1ccccc1. The second kappa shape index (κ2) is 9.90. The van der Waals surface area contributed by atoms with Gasteiger partial charge in [0.15, 0.2) is 12.4 Å². The molecule has 0 aromatic heterocycles. The number of ether oxygens (including phenoxy) is 4. The second-order valence-corrected chi connectivity index (χ2v) is 4.43. The predicted octanol–water partition coefficient (Wildman–Crippen LogP) is 1.96. The lowest BCUT2D eigenvalue weighted by atomic mass is 10.2. The first-order valence-electron chi connectivity index (χ1n) is 6.55. The van der Waals surface area contributed by atoms with E-state index in [1.165, 1.54) is 14.0 Å². The molecular formula is C15H20O6. The second-order valence-electron chi connectivity index (χ2n) is 4.43. The van der Waals surface area contributed by atoms with Crippen LogP contribution in [0.5, 0.6) is 0 Å². The van der Waals surface area contributed by atoms with E-state index < -0.39 is 12.3 Å². The van der Waals surface area contributed by atoms with Crippen molar-refractivity contribution >= 4 is 11.9 Å². The van der Waals surface area contributed by atoms with Crippen LogP contribution in [0.1, 0.15) is 12.5 Å². The van der Waals surface area contributed by atoms with Gasteiger partial charge in [-0.15, -0.1) is 0 Å². The Morgan fingerprint density at radius 1 is 1.10 bits per heavy atom. The summed E-state index contributed by atoms with van der Waals surface area (Å²) >= 11 is 0. The third kappa shape index (κ3) is 8.06. The molecule has 1 rings (SSSR count). The number of methoxy groups -OCH3 is 1. The smallest absolute Gasteiger partial charge is 0.431 e. The lowest BCUT2D eigenvalue weighted by molar-refractivity contribution is -0.121. The Hall–Kier alpha value is -1.92. The molecule has 21 heavy (non-hydrogen) atoms. The first-order valence-corrected chi connectivity index (χ1v) is 6.55. The number of ketones is 1. The fourth-order valence-corrected chi connectivity index (χ4v) is 1.48. The fourth-order valence-electron chi connectivity index (χ4n) is 1.48. The minimum atomic E-state index is -0.894. The summed E-state index contributed by atoms with van der Waals surface area (Å²) in [7, 11) is 1.53. The summed E-state index contributed by atoms with van der Waals surface area (Å²) in [5.41, 5.74) is 1.01. The summed E-state index contributed by atoms with van der Waals surface area (Å²) in [5, 5.41) is 0. The van der Waals surface area contributed by atoms with Gasteiger partial charge < -0.3 is 18.9 Å². The lowest BCUT2D eigenvalue weighted by Gasteiger charge is -2.17. The average Bonchev–Trinajstić information content (AvgIpc) is 2.49. The van der Waals surface area contributed by atoms with E-state index in [4.69, 9.17) is 14.2 Å². The van der Waals surface area contributed by atoms with Crippen LogP contribution >= 0.6 is 0 Å². The van der Waals surface area contributed by atoms with Gasteiger partial charge in [0.2, 0.25) is 0 Å². The first-order chi connectivity index (χ1) is 10.1. The maximum atomic E-state index is 11.2. The molecular weight excluding hydrogens is 276 g/mol. The molecule has 0 aliphatic rings. The molecule has 1 atom stereocenters. The minimum Gasteiger partial charge on any atom is -0.431 e. The Morgan fingerprint density at radius 2 is 1.81 bits per heavy atom. The number of carbonyl (C=O) groups is 2. The van der Waals surface area contributed by atoms with Crippen LogP contribution in [0.2, 0.25) is 0 Å². The molecule has 0 saturated carbocycles. The molecule has 1 unspecified atom stereocenters. The largest absolute Gasteiger partial charge is 0.508 e. The van der Waals surface area contributed by atoms with Gasteiger partial charge in [-0.3, -0.25) is 4.79 Å². The number of Topliss-reactive ketones (excluding diaryl/α,β-unsaturated/α-hetero) is 1. The molecule has 0 aliphatic carbocycles. The molecule has 6 heteroatoms. The van der Waals surface area contributed by atoms with Gasteiger partial charge in [-0.1, -0.05) is 30.3 Å². The van der Waals surface area contributed by atoms with Crippen molar-refractivity contribution < 1.29 is 28.5 Å². The normalized spacial score (nSPS) is 11.7. The lowest BCUT2D eigenvalue weighted by Crippen LogP contribution is -2.27. The van der Waals surface area contributed by atoms with Crippen LogP contribution in [0.3, 0.4) is 0 Å². The summed E-state index contributed by atoms with van der Waals surface area (Å²) in [4.78, 5) is 21.9. The number of rotatable bonds is 9. The average molecular weight is 296 g/mol. The number of benzene rings is 1. The Morgan fingerprint density at radius 3 is 2.43 bits per heavy atom. The van der Waals surface area contributed by atoms with Gasteiger partial charge in [-0.2, -0.15) is 0 Å². The van der Waals surface area contributed by atoms with Gasteiger partial charge in [0, 0.05) is 7.11 Å². The van der Waals surface area contributed by atoms with Gasteiger partial charge in [-0.05, 0) is 12.5 Å². The van der Waals surface area contributed by atoms with E-state index >= 15 is 0 Å². The highest BCUT2D eigenvalue weighted by atomic mass is 16.7. The van der Waals surface area contributed by atoms with Crippen molar-refractivity contribution in [1.82, 2.24) is 0 Å². The summed E-state index contributed by atoms with van der Waals surface area (Å²) in [5.74, 6) is -0.249. The van der Waals surface area contributed by atoms with Crippen molar-refractivity contribution in [3.8, 4) is 0 Å². The minimum absolute atomic E-state index is 0.00257. The van der Waals surface area contributed by atoms with Crippen molar-refractivity contribution in [2.24, 2.45) is 0 Å². The number of hydrogen-bond acceptors (Lipinski definition) is 6. The monoisotopic (exact) mass is 296 g/mol. The van der Waals surface area contributed by atoms with E-state index in [0.717, 1.165) is 5.56 Å². The van der Waals surface area contributed by atoms with Crippen LogP contribution in [0.4, 0.5) is 4.79 Å². The third-order valence-corrected chi connectivity index (χ3v) is 2.46. The maximum Gasteiger partial charge on any atom is 0.508 e. The molecule has 0 aliphatic heterocycles. The van der Waals surface area contributed by atoms with Crippen molar-refractivity contribution in [2.75, 3.05) is 26.9 Å². The first kappa shape index (κ1) is 17.1. The zero-order valence-corrected chi connectivity index (χ0v) is 12.2. The molecule has 0 amide bonds. The van der Waals surface area contributed by atoms with Gasteiger partial charge in [0.25, 0.3) is 0 Å². The Balaban J connectivity index is 2.32. The molecule has 0 saturated heterocycles. The molecule has 6 nitrogen and oxygen atoms in total. The van der Waals surface area contributed by atoms with E-state index in [2.05, 4.69) is 4.74 Å². The standard InChI is InChI=1S/C15H20O6/c1-12(16)8-20-15(17)21-11-14(10-18-2)19-9-13-6-4-3-5-7-13/h3-7,14H,8-11H2,1-2H3. The van der Waals surface area contributed by atoms with E-state index in [9.17, 15) is 9.59 Å². The van der Waals surface area contributed by atoms with Gasteiger partial charge in [0.05, 0.1) is 13.2 Å². The van der Waals surface area contributed by atoms with Crippen LogP contribution in [-0.2, 0) is 30.3 Å². The number of carbonyl (C=O) groups excluding carboxylic acids is 2. The molecule has 0 radical (unpaired) electrons. The molecule has 0 heterocycles. The summed E-state index contributed by atoms with van der Waals surface area (Å²) < 4.78 is 20.1. The Bertz CT molecular complexity index is 431. The van der Waals surface area contributed by atoms with Gasteiger partial charge in [0.1, 0.15) is 12.7 Å². The van der Waals surface area contributed by atoms with E-state index in [1.807, 2.05) is 30.3 Å². The Labute approximate surface area is 123 Å².